The van der Waals surface area contributed by atoms with Gasteiger partial charge in [0, 0.05) is 6.42 Å². The lowest BCUT2D eigenvalue weighted by Gasteiger charge is -2.20. The molecule has 1 N–H and O–H groups in total. The summed E-state index contributed by atoms with van der Waals surface area (Å²) in [5.41, 5.74) is 0.628. The minimum atomic E-state index is -0.933. The zero-order valence-electron chi connectivity index (χ0n) is 12.3. The molecule has 0 aliphatic carbocycles. The standard InChI is InChI=1S/C15H18N2O4/c1-15(2,3)21-14(20)17-11-7-5-4-6-10(11)16-12(17)8-9-13(18)19/h4-7H,8-9H2,1-3H3,(H,18,19). The molecule has 1 aromatic carbocycles. The van der Waals surface area contributed by atoms with Gasteiger partial charge in [0.15, 0.2) is 0 Å². The van der Waals surface area contributed by atoms with E-state index in [-0.39, 0.29) is 12.8 Å². The molecule has 1 heterocycles. The van der Waals surface area contributed by atoms with Gasteiger partial charge in [-0.1, -0.05) is 12.1 Å². The van der Waals surface area contributed by atoms with Crippen molar-refractivity contribution in [3.05, 3.63) is 30.1 Å². The van der Waals surface area contributed by atoms with Crippen molar-refractivity contribution in [3.63, 3.8) is 0 Å². The quantitative estimate of drug-likeness (QED) is 0.940. The van der Waals surface area contributed by atoms with Gasteiger partial charge in [0.05, 0.1) is 17.5 Å². The van der Waals surface area contributed by atoms with Gasteiger partial charge in [-0.15, -0.1) is 0 Å². The number of carboxylic acids is 1. The molecule has 0 saturated heterocycles. The van der Waals surface area contributed by atoms with E-state index in [2.05, 4.69) is 4.98 Å². The average Bonchev–Trinajstić information content (AvgIpc) is 2.72. The first-order valence-electron chi connectivity index (χ1n) is 6.69. The minimum absolute atomic E-state index is 0.0912. The minimum Gasteiger partial charge on any atom is -0.481 e. The van der Waals surface area contributed by atoms with Crippen molar-refractivity contribution in [2.24, 2.45) is 0 Å². The van der Waals surface area contributed by atoms with E-state index in [1.165, 1.54) is 4.57 Å². The van der Waals surface area contributed by atoms with E-state index in [0.717, 1.165) is 0 Å². The zero-order valence-corrected chi connectivity index (χ0v) is 12.3. The monoisotopic (exact) mass is 290 g/mol. The fourth-order valence-corrected chi connectivity index (χ4v) is 1.97. The number of aryl methyl sites for hydroxylation is 1. The summed E-state index contributed by atoms with van der Waals surface area (Å²) in [6, 6.07) is 7.15. The summed E-state index contributed by atoms with van der Waals surface area (Å²) in [6.07, 6.45) is -0.466. The number of carbonyl (C=O) groups excluding carboxylic acids is 1. The van der Waals surface area contributed by atoms with Crippen LogP contribution in [0.15, 0.2) is 24.3 Å². The van der Waals surface area contributed by atoms with Crippen LogP contribution in [0.25, 0.3) is 11.0 Å². The van der Waals surface area contributed by atoms with E-state index in [1.807, 2.05) is 6.07 Å². The lowest BCUT2D eigenvalue weighted by Crippen LogP contribution is -2.28. The number of fused-ring (bicyclic) bond motifs is 1. The molecule has 21 heavy (non-hydrogen) atoms. The van der Waals surface area contributed by atoms with Gasteiger partial charge >= 0.3 is 12.1 Å². The van der Waals surface area contributed by atoms with Crippen LogP contribution in [0, 0.1) is 0 Å². The van der Waals surface area contributed by atoms with Crippen molar-refractivity contribution < 1.29 is 19.4 Å². The summed E-state index contributed by atoms with van der Waals surface area (Å²) < 4.78 is 6.72. The molecule has 2 rings (SSSR count). The molecule has 6 heteroatoms. The molecule has 0 aliphatic heterocycles. The summed E-state index contributed by atoms with van der Waals surface area (Å²) in [6.45, 7) is 5.34. The number of carboxylic acid groups (broad SMARTS) is 1. The van der Waals surface area contributed by atoms with Crippen LogP contribution >= 0.6 is 0 Å². The third-order valence-electron chi connectivity index (χ3n) is 2.77. The van der Waals surface area contributed by atoms with Gasteiger partial charge in [0.2, 0.25) is 0 Å². The number of aromatic nitrogens is 2. The Kier molecular flexibility index (Phi) is 3.97. The van der Waals surface area contributed by atoms with E-state index < -0.39 is 17.7 Å². The van der Waals surface area contributed by atoms with Crippen LogP contribution < -0.4 is 0 Å². The maximum absolute atomic E-state index is 12.4. The Morgan fingerprint density at radius 2 is 1.95 bits per heavy atom. The number of para-hydroxylation sites is 2. The lowest BCUT2D eigenvalue weighted by molar-refractivity contribution is -0.137. The zero-order chi connectivity index (χ0) is 15.6. The molecule has 0 bridgehead atoms. The normalized spacial score (nSPS) is 11.6. The number of benzene rings is 1. The summed E-state index contributed by atoms with van der Waals surface area (Å²) in [7, 11) is 0. The molecular formula is C15H18N2O4. The van der Waals surface area contributed by atoms with Gasteiger partial charge in [-0.25, -0.2) is 14.3 Å². The van der Waals surface area contributed by atoms with Crippen LogP contribution in [0.2, 0.25) is 0 Å². The Hall–Kier alpha value is -2.37. The van der Waals surface area contributed by atoms with Crippen LogP contribution in [-0.2, 0) is 16.0 Å². The van der Waals surface area contributed by atoms with Crippen LogP contribution in [0.5, 0.6) is 0 Å². The molecule has 0 saturated carbocycles. The fraction of sp³-hybridized carbons (Fsp3) is 0.400. The van der Waals surface area contributed by atoms with Crippen molar-refractivity contribution in [1.82, 2.24) is 9.55 Å². The number of imidazole rings is 1. The number of rotatable bonds is 3. The lowest BCUT2D eigenvalue weighted by atomic mass is 10.2. The van der Waals surface area contributed by atoms with Crippen molar-refractivity contribution in [1.29, 1.82) is 0 Å². The molecule has 1 aromatic heterocycles. The van der Waals surface area contributed by atoms with Crippen molar-refractivity contribution in [2.45, 2.75) is 39.2 Å². The first-order valence-corrected chi connectivity index (χ1v) is 6.69. The first-order chi connectivity index (χ1) is 9.78. The Bertz CT molecular complexity index is 683. The highest BCUT2D eigenvalue weighted by Crippen LogP contribution is 2.19. The second-order valence-electron chi connectivity index (χ2n) is 5.73. The molecule has 112 valence electrons. The number of hydrogen-bond donors (Lipinski definition) is 1. The summed E-state index contributed by atoms with van der Waals surface area (Å²) in [5.74, 6) is -0.536. The highest BCUT2D eigenvalue weighted by atomic mass is 16.6. The summed E-state index contributed by atoms with van der Waals surface area (Å²) in [5, 5.41) is 8.81. The SMILES string of the molecule is CC(C)(C)OC(=O)n1c(CCC(=O)O)nc2ccccc21. The Balaban J connectivity index is 2.44. The van der Waals surface area contributed by atoms with Crippen LogP contribution in [0.1, 0.15) is 33.0 Å². The first kappa shape index (κ1) is 15.0. The number of ether oxygens (including phenoxy) is 1. The Labute approximate surface area is 122 Å². The number of nitrogens with zero attached hydrogens (tertiary/aromatic N) is 2. The average molecular weight is 290 g/mol. The maximum Gasteiger partial charge on any atom is 0.420 e. The van der Waals surface area contributed by atoms with Gasteiger partial charge in [0.1, 0.15) is 11.4 Å². The third kappa shape index (κ3) is 3.59. The third-order valence-corrected chi connectivity index (χ3v) is 2.77. The molecule has 6 nitrogen and oxygen atoms in total. The van der Waals surface area contributed by atoms with Gasteiger partial charge in [0.25, 0.3) is 0 Å². The predicted octanol–water partition coefficient (Wildman–Crippen LogP) is 2.84. The smallest absolute Gasteiger partial charge is 0.420 e. The number of aliphatic carboxylic acids is 1. The topological polar surface area (TPSA) is 81.4 Å². The van der Waals surface area contributed by atoms with E-state index >= 15 is 0 Å². The summed E-state index contributed by atoms with van der Waals surface area (Å²) >= 11 is 0. The largest absolute Gasteiger partial charge is 0.481 e. The van der Waals surface area contributed by atoms with Gasteiger partial charge < -0.3 is 9.84 Å². The molecule has 2 aromatic rings. The van der Waals surface area contributed by atoms with Gasteiger partial charge in [-0.05, 0) is 32.9 Å². The molecule has 0 spiro atoms. The van der Waals surface area contributed by atoms with E-state index in [9.17, 15) is 9.59 Å². The second kappa shape index (κ2) is 5.55. The molecule has 0 radical (unpaired) electrons. The molecule has 0 aliphatic rings. The van der Waals surface area contributed by atoms with E-state index in [0.29, 0.717) is 16.9 Å². The molecule has 0 atom stereocenters. The van der Waals surface area contributed by atoms with Crippen LogP contribution in [-0.4, -0.2) is 32.3 Å². The highest BCUT2D eigenvalue weighted by Gasteiger charge is 2.23. The predicted molar refractivity (Wildman–Crippen MR) is 77.3 cm³/mol. The number of hydrogen-bond acceptors (Lipinski definition) is 4. The van der Waals surface area contributed by atoms with Gasteiger partial charge in [-0.2, -0.15) is 0 Å². The fourth-order valence-electron chi connectivity index (χ4n) is 1.97. The Morgan fingerprint density at radius 3 is 2.57 bits per heavy atom. The van der Waals surface area contributed by atoms with E-state index in [1.54, 1.807) is 39.0 Å². The van der Waals surface area contributed by atoms with Gasteiger partial charge in [-0.3, -0.25) is 4.79 Å². The highest BCUT2D eigenvalue weighted by molar-refractivity contribution is 5.87. The second-order valence-corrected chi connectivity index (χ2v) is 5.73. The van der Waals surface area contributed by atoms with Crippen molar-refractivity contribution in [2.75, 3.05) is 0 Å². The maximum atomic E-state index is 12.4. The Morgan fingerprint density at radius 1 is 1.29 bits per heavy atom. The molecular weight excluding hydrogens is 272 g/mol. The van der Waals surface area contributed by atoms with Crippen LogP contribution in [0.3, 0.4) is 0 Å². The van der Waals surface area contributed by atoms with E-state index in [4.69, 9.17) is 9.84 Å². The molecule has 0 fully saturated rings. The van der Waals surface area contributed by atoms with Crippen molar-refractivity contribution in [3.8, 4) is 0 Å². The van der Waals surface area contributed by atoms with Crippen LogP contribution in [0.4, 0.5) is 4.79 Å². The number of carbonyl (C=O) groups is 2. The molecule has 0 amide bonds. The summed E-state index contributed by atoms with van der Waals surface area (Å²) in [4.78, 5) is 27.4. The van der Waals surface area contributed by atoms with Crippen molar-refractivity contribution >= 4 is 23.1 Å². The molecule has 0 unspecified atom stereocenters.